The number of nitrogens with two attached hydrogens (primary N) is 2. The largest absolute Gasteiger partial charge is 0.348 e. The number of rotatable bonds is 6. The van der Waals surface area contributed by atoms with Gasteiger partial charge in [-0.05, 0) is 0 Å². The zero-order chi connectivity index (χ0) is 12.9. The highest BCUT2D eigenvalue weighted by molar-refractivity contribution is 7.87. The summed E-state index contributed by atoms with van der Waals surface area (Å²) in [7, 11) is -3.94. The van der Waals surface area contributed by atoms with Crippen LogP contribution in [0.4, 0.5) is 0 Å². The number of nitrogens with one attached hydrogen (secondary N) is 1. The van der Waals surface area contributed by atoms with Crippen molar-refractivity contribution >= 4 is 16.1 Å². The van der Waals surface area contributed by atoms with Crippen LogP contribution in [-0.2, 0) is 25.5 Å². The summed E-state index contributed by atoms with van der Waals surface area (Å²) in [5.41, 5.74) is 11.2. The van der Waals surface area contributed by atoms with Crippen LogP contribution < -0.4 is 11.5 Å². The van der Waals surface area contributed by atoms with E-state index >= 15 is 0 Å². The van der Waals surface area contributed by atoms with Crippen LogP contribution in [0.25, 0.3) is 0 Å². The molecule has 8 nitrogen and oxygen atoms in total. The normalized spacial score (nSPS) is 13.3. The third-order valence-corrected chi connectivity index (χ3v) is 3.03. The summed E-state index contributed by atoms with van der Waals surface area (Å²) in [6, 6.07) is -1.07. The predicted octanol–water partition coefficient (Wildman–Crippen LogP) is -1.89. The Bertz CT molecular complexity index is 456. The summed E-state index contributed by atoms with van der Waals surface area (Å²) in [4.78, 5) is 17.8. The minimum absolute atomic E-state index is 0.120. The molecule has 0 amide bonds. The van der Waals surface area contributed by atoms with Crippen LogP contribution in [0.5, 0.6) is 0 Å². The summed E-state index contributed by atoms with van der Waals surface area (Å²) in [6.07, 6.45) is 3.04. The molecule has 1 rings (SSSR count). The lowest BCUT2D eigenvalue weighted by molar-refractivity contribution is -0.135. The van der Waals surface area contributed by atoms with Crippen LogP contribution in [0.15, 0.2) is 12.5 Å². The van der Waals surface area contributed by atoms with Crippen LogP contribution in [0.2, 0.25) is 0 Å². The summed E-state index contributed by atoms with van der Waals surface area (Å²) < 4.78 is 26.6. The highest BCUT2D eigenvalue weighted by Gasteiger charge is 2.22. The highest BCUT2D eigenvalue weighted by Crippen LogP contribution is 2.01. The third-order valence-electron chi connectivity index (χ3n) is 1.87. The van der Waals surface area contributed by atoms with E-state index in [1.54, 1.807) is 0 Å². The maximum atomic E-state index is 11.4. The lowest BCUT2D eigenvalue weighted by atomic mass is 10.2. The molecule has 1 atom stereocenters. The number of aromatic nitrogens is 2. The average molecular weight is 262 g/mol. The van der Waals surface area contributed by atoms with E-state index in [2.05, 4.69) is 14.2 Å². The van der Waals surface area contributed by atoms with Gasteiger partial charge in [-0.15, -0.1) is 0 Å². The molecular formula is C8H14N4O4S. The van der Waals surface area contributed by atoms with Gasteiger partial charge in [0.2, 0.25) is 0 Å². The summed E-state index contributed by atoms with van der Waals surface area (Å²) in [5, 5.41) is 0. The molecule has 0 unspecified atom stereocenters. The monoisotopic (exact) mass is 262 g/mol. The summed E-state index contributed by atoms with van der Waals surface area (Å²) in [5.74, 6) is -1.43. The number of hydrogen-bond acceptors (Lipinski definition) is 7. The van der Waals surface area contributed by atoms with Gasteiger partial charge in [-0.2, -0.15) is 8.42 Å². The van der Waals surface area contributed by atoms with Crippen molar-refractivity contribution < 1.29 is 17.4 Å². The minimum Gasteiger partial charge on any atom is -0.348 e. The second kappa shape index (κ2) is 5.75. The molecule has 0 bridgehead atoms. The second-order valence-corrected chi connectivity index (χ2v) is 5.03. The lowest BCUT2D eigenvalue weighted by Gasteiger charge is -2.09. The molecule has 5 N–H and O–H groups in total. The Morgan fingerprint density at radius 3 is 2.82 bits per heavy atom. The van der Waals surface area contributed by atoms with Crippen molar-refractivity contribution in [1.29, 1.82) is 0 Å². The quantitative estimate of drug-likeness (QED) is 0.509. The van der Waals surface area contributed by atoms with E-state index in [0.29, 0.717) is 5.69 Å². The molecule has 0 aliphatic carbocycles. The van der Waals surface area contributed by atoms with E-state index in [-0.39, 0.29) is 13.0 Å². The van der Waals surface area contributed by atoms with Crippen LogP contribution in [-0.4, -0.2) is 42.7 Å². The van der Waals surface area contributed by atoms with Crippen molar-refractivity contribution in [3.63, 3.8) is 0 Å². The molecule has 1 aromatic heterocycles. The number of aromatic amines is 1. The molecular weight excluding hydrogens is 248 g/mol. The molecule has 0 saturated heterocycles. The molecule has 0 aromatic carbocycles. The zero-order valence-electron chi connectivity index (χ0n) is 9.00. The fraction of sp³-hybridized carbons (Fsp3) is 0.500. The molecule has 96 valence electrons. The first kappa shape index (κ1) is 13.6. The number of carbonyl (C=O) groups excluding carboxylic acids is 1. The van der Waals surface area contributed by atoms with Crippen LogP contribution in [0, 0.1) is 0 Å². The summed E-state index contributed by atoms with van der Waals surface area (Å²) in [6.45, 7) is -0.120. The Morgan fingerprint density at radius 2 is 2.29 bits per heavy atom. The zero-order valence-corrected chi connectivity index (χ0v) is 9.81. The van der Waals surface area contributed by atoms with Crippen molar-refractivity contribution in [3.05, 3.63) is 18.2 Å². The van der Waals surface area contributed by atoms with Gasteiger partial charge >= 0.3 is 16.1 Å². The number of imidazole rings is 1. The highest BCUT2D eigenvalue weighted by atomic mass is 32.2. The average Bonchev–Trinajstić information content (AvgIpc) is 2.69. The maximum Gasteiger partial charge on any atom is 0.339 e. The fourth-order valence-electron chi connectivity index (χ4n) is 1.09. The van der Waals surface area contributed by atoms with Crippen molar-refractivity contribution in [2.45, 2.75) is 12.5 Å². The first-order valence-electron chi connectivity index (χ1n) is 4.83. The Morgan fingerprint density at radius 1 is 1.59 bits per heavy atom. The first-order chi connectivity index (χ1) is 7.94. The molecule has 1 aromatic rings. The van der Waals surface area contributed by atoms with Gasteiger partial charge in [0.15, 0.2) is 0 Å². The number of nitrogens with zero attached hydrogens (tertiary/aromatic N) is 1. The molecule has 17 heavy (non-hydrogen) atoms. The molecule has 0 spiro atoms. The van der Waals surface area contributed by atoms with E-state index in [1.165, 1.54) is 12.5 Å². The number of hydrogen-bond donors (Lipinski definition) is 3. The third kappa shape index (κ3) is 4.51. The van der Waals surface area contributed by atoms with Gasteiger partial charge in [0.05, 0.1) is 12.1 Å². The standard InChI is InChI=1S/C8H14N4O4S/c9-1-2-17(14,15)16-8(13)7(10)3-6-4-11-5-12-6/h4-5,7H,1-3,9-10H2,(H,11,12)/t7-/m0/s1. The second-order valence-electron chi connectivity index (χ2n) is 3.34. The van der Waals surface area contributed by atoms with Gasteiger partial charge in [0.1, 0.15) is 6.04 Å². The molecule has 9 heteroatoms. The van der Waals surface area contributed by atoms with Crippen LogP contribution in [0.3, 0.4) is 0 Å². The van der Waals surface area contributed by atoms with E-state index in [9.17, 15) is 13.2 Å². The number of carbonyl (C=O) groups is 1. The predicted molar refractivity (Wildman–Crippen MR) is 59.2 cm³/mol. The van der Waals surface area contributed by atoms with Crippen LogP contribution in [0.1, 0.15) is 5.69 Å². The van der Waals surface area contributed by atoms with Gasteiger partial charge < -0.3 is 20.6 Å². The molecule has 0 aliphatic rings. The molecule has 0 fully saturated rings. The minimum atomic E-state index is -3.94. The van der Waals surface area contributed by atoms with Crippen molar-refractivity contribution in [1.82, 2.24) is 9.97 Å². The van der Waals surface area contributed by atoms with Gasteiger partial charge in [-0.25, -0.2) is 9.78 Å². The SMILES string of the molecule is NCCS(=O)(=O)OC(=O)[C@@H](N)Cc1cnc[nH]1. The fourth-order valence-corrected chi connectivity index (χ4v) is 1.84. The smallest absolute Gasteiger partial charge is 0.339 e. The van der Waals surface area contributed by atoms with E-state index < -0.39 is 27.9 Å². The molecule has 1 heterocycles. The molecule has 0 aliphatic heterocycles. The Kier molecular flexibility index (Phi) is 4.61. The Hall–Kier alpha value is -1.45. The maximum absolute atomic E-state index is 11.4. The first-order valence-corrected chi connectivity index (χ1v) is 6.41. The number of H-pyrrole nitrogens is 1. The van der Waals surface area contributed by atoms with Crippen molar-refractivity contribution in [2.24, 2.45) is 11.5 Å². The molecule has 0 saturated carbocycles. The van der Waals surface area contributed by atoms with Gasteiger partial charge in [0, 0.05) is 24.9 Å². The van der Waals surface area contributed by atoms with Crippen molar-refractivity contribution in [2.75, 3.05) is 12.3 Å². The van der Waals surface area contributed by atoms with Crippen molar-refractivity contribution in [3.8, 4) is 0 Å². The van der Waals surface area contributed by atoms with Gasteiger partial charge in [0.25, 0.3) is 0 Å². The Labute approximate surface area is 98.5 Å². The van der Waals surface area contributed by atoms with E-state index in [4.69, 9.17) is 11.5 Å². The van der Waals surface area contributed by atoms with E-state index in [0.717, 1.165) is 0 Å². The van der Waals surface area contributed by atoms with Gasteiger partial charge in [-0.1, -0.05) is 0 Å². The molecule has 0 radical (unpaired) electrons. The van der Waals surface area contributed by atoms with Crippen LogP contribution >= 0.6 is 0 Å². The lowest BCUT2D eigenvalue weighted by Crippen LogP contribution is -2.36. The Balaban J connectivity index is 2.53. The van der Waals surface area contributed by atoms with E-state index in [1.807, 2.05) is 0 Å². The topological polar surface area (TPSA) is 141 Å². The van der Waals surface area contributed by atoms with Gasteiger partial charge in [-0.3, -0.25) is 0 Å². The summed E-state index contributed by atoms with van der Waals surface area (Å²) >= 11 is 0.